The van der Waals surface area contributed by atoms with Gasteiger partial charge in [-0.1, -0.05) is 13.8 Å². The summed E-state index contributed by atoms with van der Waals surface area (Å²) in [7, 11) is -0.0213. The molecule has 2 aliphatic rings. The van der Waals surface area contributed by atoms with Crippen LogP contribution in [-0.4, -0.2) is 32.3 Å². The fourth-order valence-electron chi connectivity index (χ4n) is 1.78. The van der Waals surface area contributed by atoms with E-state index in [1.54, 1.807) is 17.3 Å². The average molecular weight is 285 g/mol. The highest BCUT2D eigenvalue weighted by Gasteiger charge is 2.47. The lowest BCUT2D eigenvalue weighted by Crippen LogP contribution is -2.26. The first-order valence-electron chi connectivity index (χ1n) is 4.29. The van der Waals surface area contributed by atoms with Gasteiger partial charge in [0.25, 0.3) is 0 Å². The highest BCUT2D eigenvalue weighted by Crippen LogP contribution is 2.66. The van der Waals surface area contributed by atoms with Gasteiger partial charge in [0.1, 0.15) is 0 Å². The molecule has 11 heavy (non-hydrogen) atoms. The Morgan fingerprint density at radius 2 is 2.09 bits per heavy atom. The predicted octanol–water partition coefficient (Wildman–Crippen LogP) is 2.45. The van der Waals surface area contributed by atoms with Crippen molar-refractivity contribution >= 4 is 32.9 Å². The molecule has 0 saturated carbocycles. The van der Waals surface area contributed by atoms with Crippen molar-refractivity contribution in [3.63, 3.8) is 0 Å². The van der Waals surface area contributed by atoms with E-state index in [2.05, 4.69) is 39.8 Å². The molecule has 0 radical (unpaired) electrons. The summed E-state index contributed by atoms with van der Waals surface area (Å²) in [5.41, 5.74) is 0. The van der Waals surface area contributed by atoms with Crippen LogP contribution < -0.4 is 0 Å². The number of halogens is 1. The molecule has 2 aliphatic heterocycles. The van der Waals surface area contributed by atoms with Gasteiger partial charge in [0.2, 0.25) is 0 Å². The topological polar surface area (TPSA) is 3.24 Å². The van der Waals surface area contributed by atoms with Gasteiger partial charge in [-0.05, 0) is 23.2 Å². The first-order valence-corrected chi connectivity index (χ1v) is 7.57. The van der Waals surface area contributed by atoms with Gasteiger partial charge in [0.15, 0.2) is 0 Å². The second-order valence-corrected chi connectivity index (χ2v) is 9.24. The molecule has 66 valence electrons. The Labute approximate surface area is 84.7 Å². The van der Waals surface area contributed by atoms with Crippen LogP contribution in [0.25, 0.3) is 0 Å². The summed E-state index contributed by atoms with van der Waals surface area (Å²) in [6.07, 6.45) is 0. The molecular formula is C8H16INS. The van der Waals surface area contributed by atoms with Gasteiger partial charge < -0.3 is 0 Å². The molecule has 0 aliphatic carbocycles. The summed E-state index contributed by atoms with van der Waals surface area (Å²) in [5.74, 6) is 7.01. The van der Waals surface area contributed by atoms with E-state index in [1.165, 1.54) is 5.88 Å². The van der Waals surface area contributed by atoms with Crippen molar-refractivity contribution in [3.8, 4) is 0 Å². The largest absolute Gasteiger partial charge is 0.235 e. The number of nitrogens with zero attached hydrogens (tertiary/aromatic N) is 1. The standard InChI is InChI=1S/C8H16INS/c1-7(2)8-5-11(3-4-11)6-10(8)9/h7-8H,3-6H2,1-2H3. The molecule has 0 aromatic heterocycles. The Bertz CT molecular complexity index is 167. The van der Waals surface area contributed by atoms with Crippen LogP contribution in [0.5, 0.6) is 0 Å². The second kappa shape index (κ2) is 2.77. The molecule has 0 aromatic carbocycles. The van der Waals surface area contributed by atoms with Crippen LogP contribution in [-0.2, 0) is 0 Å². The van der Waals surface area contributed by atoms with Crippen LogP contribution in [0.4, 0.5) is 0 Å². The van der Waals surface area contributed by atoms with Crippen LogP contribution in [0.1, 0.15) is 13.8 Å². The highest BCUT2D eigenvalue weighted by molar-refractivity contribution is 14.1. The van der Waals surface area contributed by atoms with E-state index in [-0.39, 0.29) is 10.0 Å². The van der Waals surface area contributed by atoms with Crippen LogP contribution in [0.3, 0.4) is 0 Å². The van der Waals surface area contributed by atoms with Crippen molar-refractivity contribution in [3.05, 3.63) is 0 Å². The van der Waals surface area contributed by atoms with Gasteiger partial charge in [-0.2, -0.15) is 0 Å². The van der Waals surface area contributed by atoms with E-state index >= 15 is 0 Å². The Morgan fingerprint density at radius 3 is 2.36 bits per heavy atom. The van der Waals surface area contributed by atoms with E-state index in [9.17, 15) is 0 Å². The molecule has 2 fully saturated rings. The monoisotopic (exact) mass is 285 g/mol. The van der Waals surface area contributed by atoms with Crippen LogP contribution in [0, 0.1) is 5.92 Å². The molecule has 0 bridgehead atoms. The zero-order valence-electron chi connectivity index (χ0n) is 7.22. The van der Waals surface area contributed by atoms with Crippen molar-refractivity contribution in [2.75, 3.05) is 23.1 Å². The summed E-state index contributed by atoms with van der Waals surface area (Å²) in [4.78, 5) is 0. The third-order valence-electron chi connectivity index (χ3n) is 2.83. The molecule has 0 N–H and O–H groups in total. The van der Waals surface area contributed by atoms with E-state index in [0.29, 0.717) is 0 Å². The SMILES string of the molecule is CC(C)C1CS2(CC2)CN1I. The number of rotatable bonds is 1. The molecule has 1 spiro atoms. The second-order valence-electron chi connectivity index (χ2n) is 4.14. The lowest BCUT2D eigenvalue weighted by molar-refractivity contribution is 0.379. The molecule has 3 heteroatoms. The van der Waals surface area contributed by atoms with Gasteiger partial charge in [-0.15, -0.1) is 0 Å². The summed E-state index contributed by atoms with van der Waals surface area (Å²) in [5, 5.41) is 0. The molecule has 2 heterocycles. The first kappa shape index (κ1) is 8.63. The van der Waals surface area contributed by atoms with Crippen molar-refractivity contribution in [1.82, 2.24) is 3.11 Å². The fraction of sp³-hybridized carbons (Fsp3) is 1.00. The van der Waals surface area contributed by atoms with Gasteiger partial charge >= 0.3 is 0 Å². The fourth-order valence-corrected chi connectivity index (χ4v) is 8.31. The molecular weight excluding hydrogens is 269 g/mol. The minimum absolute atomic E-state index is 0.0213. The van der Waals surface area contributed by atoms with Crippen LogP contribution in [0.2, 0.25) is 0 Å². The van der Waals surface area contributed by atoms with E-state index in [4.69, 9.17) is 0 Å². The van der Waals surface area contributed by atoms with E-state index in [1.807, 2.05) is 0 Å². The maximum absolute atomic E-state index is 2.57. The third kappa shape index (κ3) is 1.56. The molecule has 1 nitrogen and oxygen atoms in total. The molecule has 2 rings (SSSR count). The summed E-state index contributed by atoms with van der Waals surface area (Å²) < 4.78 is 2.57. The minimum atomic E-state index is -0.0213. The van der Waals surface area contributed by atoms with Crippen molar-refractivity contribution in [2.45, 2.75) is 19.9 Å². The quantitative estimate of drug-likeness (QED) is 0.406. The Balaban J connectivity index is 2.02. The molecule has 0 amide bonds. The summed E-state index contributed by atoms with van der Waals surface area (Å²) in [6.45, 7) is 4.72. The minimum Gasteiger partial charge on any atom is -0.235 e. The van der Waals surface area contributed by atoms with Gasteiger partial charge in [-0.25, -0.2) is 13.1 Å². The normalized spacial score (nSPS) is 38.4. The van der Waals surface area contributed by atoms with Crippen molar-refractivity contribution in [2.24, 2.45) is 5.92 Å². The zero-order chi connectivity index (χ0) is 8.06. The maximum atomic E-state index is 2.57. The summed E-state index contributed by atoms with van der Waals surface area (Å²) in [6, 6.07) is 0.896. The van der Waals surface area contributed by atoms with Crippen molar-refractivity contribution in [1.29, 1.82) is 0 Å². The molecule has 1 unspecified atom stereocenters. The smallest absolute Gasteiger partial charge is 0.0389 e. The van der Waals surface area contributed by atoms with Gasteiger partial charge in [0.05, 0.1) is 0 Å². The van der Waals surface area contributed by atoms with Gasteiger partial charge in [0, 0.05) is 34.8 Å². The number of hydrogen-bond donors (Lipinski definition) is 0. The maximum Gasteiger partial charge on any atom is 0.0389 e. The van der Waals surface area contributed by atoms with Crippen molar-refractivity contribution < 1.29 is 0 Å². The lowest BCUT2D eigenvalue weighted by Gasteiger charge is -2.19. The average Bonchev–Trinajstić information content (AvgIpc) is 2.54. The van der Waals surface area contributed by atoms with Gasteiger partial charge in [-0.3, -0.25) is 0 Å². The predicted molar refractivity (Wildman–Crippen MR) is 61.5 cm³/mol. The Kier molecular flexibility index (Phi) is 2.17. The van der Waals surface area contributed by atoms with Crippen LogP contribution in [0.15, 0.2) is 0 Å². The zero-order valence-corrected chi connectivity index (χ0v) is 10.2. The Morgan fingerprint density at radius 1 is 1.45 bits per heavy atom. The van der Waals surface area contributed by atoms with E-state index in [0.717, 1.165) is 12.0 Å². The Hall–Kier alpha value is 1.04. The summed E-state index contributed by atoms with van der Waals surface area (Å²) >= 11 is 2.53. The third-order valence-corrected chi connectivity index (χ3v) is 7.79. The number of hydrogen-bond acceptors (Lipinski definition) is 1. The lowest BCUT2D eigenvalue weighted by atomic mass is 10.1. The van der Waals surface area contributed by atoms with E-state index < -0.39 is 0 Å². The molecule has 2 saturated heterocycles. The van der Waals surface area contributed by atoms with Crippen LogP contribution >= 0.6 is 32.9 Å². The first-order chi connectivity index (χ1) is 5.13. The molecule has 0 aromatic rings. The highest BCUT2D eigenvalue weighted by atomic mass is 127. The molecule has 1 atom stereocenters.